The van der Waals surface area contributed by atoms with Gasteiger partial charge in [0.15, 0.2) is 5.92 Å². The minimum absolute atomic E-state index is 0.0336. The van der Waals surface area contributed by atoms with Gasteiger partial charge in [-0.1, -0.05) is 0 Å². The van der Waals surface area contributed by atoms with E-state index in [1.807, 2.05) is 0 Å². The van der Waals surface area contributed by atoms with E-state index in [-0.39, 0.29) is 6.54 Å². The molecule has 0 radical (unpaired) electrons. The largest absolute Gasteiger partial charge is 0.480 e. The van der Waals surface area contributed by atoms with Gasteiger partial charge in [-0.2, -0.15) is 10.4 Å². The highest BCUT2D eigenvalue weighted by Crippen LogP contribution is 1.97. The zero-order valence-corrected chi connectivity index (χ0v) is 6.08. The number of hydrogen-bond acceptors (Lipinski definition) is 4. The van der Waals surface area contributed by atoms with Crippen molar-refractivity contribution < 1.29 is 9.90 Å². The van der Waals surface area contributed by atoms with E-state index in [9.17, 15) is 4.79 Å². The Morgan fingerprint density at radius 1 is 1.83 bits per heavy atom. The Balaban J connectivity index is 2.62. The van der Waals surface area contributed by atoms with E-state index >= 15 is 0 Å². The monoisotopic (exact) mass is 166 g/mol. The third-order valence-corrected chi connectivity index (χ3v) is 1.29. The molecule has 0 aromatic carbocycles. The molecule has 0 saturated heterocycles. The second kappa shape index (κ2) is 3.48. The molecular formula is C6H6N4O2. The van der Waals surface area contributed by atoms with Crippen LogP contribution < -0.4 is 0 Å². The Kier molecular flexibility index (Phi) is 2.38. The predicted octanol–water partition coefficient (Wildman–Crippen LogP) is -0.498. The van der Waals surface area contributed by atoms with Crippen molar-refractivity contribution in [1.82, 2.24) is 14.8 Å². The van der Waals surface area contributed by atoms with Crippen molar-refractivity contribution >= 4 is 5.97 Å². The molecule has 1 aromatic rings. The Bertz CT molecular complexity index is 300. The van der Waals surface area contributed by atoms with E-state index in [0.717, 1.165) is 0 Å². The molecule has 6 heteroatoms. The van der Waals surface area contributed by atoms with E-state index in [0.29, 0.717) is 0 Å². The Hall–Kier alpha value is -1.90. The molecule has 0 bridgehead atoms. The van der Waals surface area contributed by atoms with Crippen molar-refractivity contribution in [3.8, 4) is 6.07 Å². The van der Waals surface area contributed by atoms with Crippen LogP contribution in [0.4, 0.5) is 0 Å². The molecule has 1 heterocycles. The van der Waals surface area contributed by atoms with Gasteiger partial charge in [0.25, 0.3) is 0 Å². The first-order chi connectivity index (χ1) is 5.74. The third-order valence-electron chi connectivity index (χ3n) is 1.29. The number of carbonyl (C=O) groups is 1. The number of hydrogen-bond donors (Lipinski definition) is 1. The van der Waals surface area contributed by atoms with Crippen LogP contribution in [-0.4, -0.2) is 25.8 Å². The van der Waals surface area contributed by atoms with E-state index in [2.05, 4.69) is 10.1 Å². The van der Waals surface area contributed by atoms with Gasteiger partial charge in [0, 0.05) is 0 Å². The number of aliphatic carboxylic acids is 1. The zero-order chi connectivity index (χ0) is 8.97. The lowest BCUT2D eigenvalue weighted by Crippen LogP contribution is -2.18. The van der Waals surface area contributed by atoms with Crippen molar-refractivity contribution in [3.05, 3.63) is 12.7 Å². The van der Waals surface area contributed by atoms with Crippen molar-refractivity contribution in [2.45, 2.75) is 6.54 Å². The maximum atomic E-state index is 10.4. The number of rotatable bonds is 3. The molecule has 0 spiro atoms. The normalized spacial score (nSPS) is 11.9. The lowest BCUT2D eigenvalue weighted by molar-refractivity contribution is -0.140. The van der Waals surface area contributed by atoms with Crippen molar-refractivity contribution in [2.75, 3.05) is 0 Å². The summed E-state index contributed by atoms with van der Waals surface area (Å²) >= 11 is 0. The van der Waals surface area contributed by atoms with E-state index in [1.165, 1.54) is 17.3 Å². The van der Waals surface area contributed by atoms with Gasteiger partial charge in [-0.15, -0.1) is 0 Å². The number of carboxylic acids is 1. The fourth-order valence-corrected chi connectivity index (χ4v) is 0.688. The molecule has 62 valence electrons. The van der Waals surface area contributed by atoms with Crippen molar-refractivity contribution in [3.63, 3.8) is 0 Å². The zero-order valence-electron chi connectivity index (χ0n) is 6.08. The van der Waals surface area contributed by atoms with Crippen LogP contribution in [-0.2, 0) is 11.3 Å². The van der Waals surface area contributed by atoms with Crippen molar-refractivity contribution in [2.24, 2.45) is 5.92 Å². The summed E-state index contributed by atoms with van der Waals surface area (Å²) in [4.78, 5) is 14.0. The SMILES string of the molecule is N#CC(Cn1cncn1)C(=O)O. The van der Waals surface area contributed by atoms with Gasteiger partial charge < -0.3 is 5.11 Å². The van der Waals surface area contributed by atoms with Crippen LogP contribution in [0.25, 0.3) is 0 Å². The van der Waals surface area contributed by atoms with Gasteiger partial charge in [0.2, 0.25) is 0 Å². The van der Waals surface area contributed by atoms with Gasteiger partial charge in [0.1, 0.15) is 12.7 Å². The van der Waals surface area contributed by atoms with Gasteiger partial charge in [-0.3, -0.25) is 9.48 Å². The summed E-state index contributed by atoms with van der Waals surface area (Å²) in [7, 11) is 0. The minimum atomic E-state index is -1.15. The molecule has 1 unspecified atom stereocenters. The van der Waals surface area contributed by atoms with Crippen LogP contribution in [0.2, 0.25) is 0 Å². The molecule has 1 atom stereocenters. The highest BCUT2D eigenvalue weighted by atomic mass is 16.4. The molecular weight excluding hydrogens is 160 g/mol. The molecule has 1 aromatic heterocycles. The van der Waals surface area contributed by atoms with E-state index < -0.39 is 11.9 Å². The minimum Gasteiger partial charge on any atom is -0.480 e. The molecule has 0 saturated carbocycles. The maximum absolute atomic E-state index is 10.4. The average Bonchev–Trinajstić information content (AvgIpc) is 2.51. The molecule has 0 fully saturated rings. The Morgan fingerprint density at radius 3 is 3.00 bits per heavy atom. The summed E-state index contributed by atoms with van der Waals surface area (Å²) in [5.74, 6) is -2.21. The molecule has 12 heavy (non-hydrogen) atoms. The molecule has 0 amide bonds. The number of carboxylic acid groups (broad SMARTS) is 1. The first-order valence-electron chi connectivity index (χ1n) is 3.19. The first-order valence-corrected chi connectivity index (χ1v) is 3.19. The van der Waals surface area contributed by atoms with Crippen LogP contribution in [0.1, 0.15) is 0 Å². The Morgan fingerprint density at radius 2 is 2.58 bits per heavy atom. The number of aromatic nitrogens is 3. The van der Waals surface area contributed by atoms with Crippen LogP contribution in [0.3, 0.4) is 0 Å². The van der Waals surface area contributed by atoms with Gasteiger partial charge in [0.05, 0.1) is 12.6 Å². The second-order valence-electron chi connectivity index (χ2n) is 2.14. The quantitative estimate of drug-likeness (QED) is 0.653. The summed E-state index contributed by atoms with van der Waals surface area (Å²) in [6.45, 7) is 0.0336. The molecule has 6 nitrogen and oxygen atoms in total. The maximum Gasteiger partial charge on any atom is 0.322 e. The highest BCUT2D eigenvalue weighted by Gasteiger charge is 2.16. The van der Waals surface area contributed by atoms with Crippen LogP contribution >= 0.6 is 0 Å². The third kappa shape index (κ3) is 1.79. The first kappa shape index (κ1) is 8.20. The number of nitrogens with zero attached hydrogens (tertiary/aromatic N) is 4. The summed E-state index contributed by atoms with van der Waals surface area (Å²) in [6.07, 6.45) is 2.66. The van der Waals surface area contributed by atoms with Gasteiger partial charge in [-0.05, 0) is 0 Å². The Labute approximate surface area is 68.1 Å². The predicted molar refractivity (Wildman–Crippen MR) is 36.8 cm³/mol. The average molecular weight is 166 g/mol. The van der Waals surface area contributed by atoms with E-state index in [4.69, 9.17) is 10.4 Å². The molecule has 0 aliphatic heterocycles. The van der Waals surface area contributed by atoms with Crippen LogP contribution in [0.5, 0.6) is 0 Å². The summed E-state index contributed by atoms with van der Waals surface area (Å²) in [6, 6.07) is 1.65. The van der Waals surface area contributed by atoms with E-state index in [1.54, 1.807) is 6.07 Å². The molecule has 1 rings (SSSR count). The summed E-state index contributed by atoms with van der Waals surface area (Å²) < 4.78 is 1.31. The molecule has 0 aliphatic carbocycles. The standard InChI is InChI=1S/C6H6N4O2/c7-1-5(6(11)12)2-10-4-8-3-9-10/h3-5H,2H2,(H,11,12). The molecule has 1 N–H and O–H groups in total. The lowest BCUT2D eigenvalue weighted by Gasteiger charge is -2.01. The topological polar surface area (TPSA) is 91.8 Å². The van der Waals surface area contributed by atoms with Crippen LogP contribution in [0, 0.1) is 17.2 Å². The summed E-state index contributed by atoms with van der Waals surface area (Å²) in [5.41, 5.74) is 0. The van der Waals surface area contributed by atoms with Crippen molar-refractivity contribution in [1.29, 1.82) is 5.26 Å². The highest BCUT2D eigenvalue weighted by molar-refractivity contribution is 5.72. The fraction of sp³-hybridized carbons (Fsp3) is 0.333. The summed E-state index contributed by atoms with van der Waals surface area (Å²) in [5, 5.41) is 20.6. The van der Waals surface area contributed by atoms with Gasteiger partial charge in [-0.25, -0.2) is 4.98 Å². The van der Waals surface area contributed by atoms with Crippen LogP contribution in [0.15, 0.2) is 12.7 Å². The smallest absolute Gasteiger partial charge is 0.322 e. The number of nitriles is 1. The second-order valence-corrected chi connectivity index (χ2v) is 2.14. The van der Waals surface area contributed by atoms with Gasteiger partial charge >= 0.3 is 5.97 Å². The lowest BCUT2D eigenvalue weighted by atomic mass is 10.2. The fourth-order valence-electron chi connectivity index (χ4n) is 0.688. The molecule has 0 aliphatic rings.